The minimum Gasteiger partial charge on any atom is -0.508 e. The quantitative estimate of drug-likeness (QED) is 0.772. The van der Waals surface area contributed by atoms with Crippen LogP contribution in [0.5, 0.6) is 5.75 Å². The summed E-state index contributed by atoms with van der Waals surface area (Å²) in [6, 6.07) is 4.89. The van der Waals surface area contributed by atoms with Crippen molar-refractivity contribution in [3.63, 3.8) is 0 Å². The maximum Gasteiger partial charge on any atom is 0.321 e. The lowest BCUT2D eigenvalue weighted by molar-refractivity contribution is 0.217. The largest absolute Gasteiger partial charge is 0.508 e. The van der Waals surface area contributed by atoms with E-state index in [2.05, 4.69) is 5.32 Å². The Kier molecular flexibility index (Phi) is 4.17. The fourth-order valence-electron chi connectivity index (χ4n) is 1.45. The molecule has 0 aliphatic heterocycles. The number of carbonyl (C=O) groups excluding carboxylic acids is 1. The van der Waals surface area contributed by atoms with Crippen LogP contribution < -0.4 is 5.32 Å². The number of amides is 2. The molecule has 16 heavy (non-hydrogen) atoms. The van der Waals surface area contributed by atoms with Crippen LogP contribution in [0.3, 0.4) is 0 Å². The summed E-state index contributed by atoms with van der Waals surface area (Å²) in [5.74, 6) is 0.237. The molecule has 0 atom stereocenters. The van der Waals surface area contributed by atoms with Gasteiger partial charge < -0.3 is 15.3 Å². The number of benzene rings is 1. The number of phenols is 1. The topological polar surface area (TPSA) is 52.6 Å². The van der Waals surface area contributed by atoms with Gasteiger partial charge in [0, 0.05) is 18.8 Å². The van der Waals surface area contributed by atoms with Crippen molar-refractivity contribution in [2.45, 2.75) is 20.8 Å². The first-order valence-corrected chi connectivity index (χ1v) is 5.44. The van der Waals surface area contributed by atoms with Gasteiger partial charge in [-0.25, -0.2) is 4.79 Å². The van der Waals surface area contributed by atoms with E-state index >= 15 is 0 Å². The van der Waals surface area contributed by atoms with Crippen LogP contribution in [0.1, 0.15) is 19.4 Å². The molecule has 4 heteroatoms. The fraction of sp³-hybridized carbons (Fsp3) is 0.417. The average molecular weight is 222 g/mol. The van der Waals surface area contributed by atoms with Gasteiger partial charge in [0.1, 0.15) is 5.75 Å². The van der Waals surface area contributed by atoms with Crippen molar-refractivity contribution in [2.24, 2.45) is 0 Å². The molecule has 1 aromatic carbocycles. The molecule has 88 valence electrons. The Bertz CT molecular complexity index is 373. The van der Waals surface area contributed by atoms with Crippen LogP contribution in [0.4, 0.5) is 10.5 Å². The molecule has 0 aromatic heterocycles. The molecule has 1 aromatic rings. The van der Waals surface area contributed by atoms with Crippen LogP contribution in [-0.2, 0) is 0 Å². The second-order valence-electron chi connectivity index (χ2n) is 3.60. The summed E-state index contributed by atoms with van der Waals surface area (Å²) in [7, 11) is 0. The predicted octanol–water partition coefficient (Wildman–Crippen LogP) is 2.57. The Balaban J connectivity index is 2.73. The summed E-state index contributed by atoms with van der Waals surface area (Å²) < 4.78 is 0. The lowest BCUT2D eigenvalue weighted by Crippen LogP contribution is -2.34. The van der Waals surface area contributed by atoms with Gasteiger partial charge >= 0.3 is 6.03 Å². The number of hydrogen-bond acceptors (Lipinski definition) is 2. The molecule has 0 spiro atoms. The molecular weight excluding hydrogens is 204 g/mol. The zero-order valence-corrected chi connectivity index (χ0v) is 9.95. The number of rotatable bonds is 3. The molecular formula is C12H18N2O2. The van der Waals surface area contributed by atoms with Crippen molar-refractivity contribution < 1.29 is 9.90 Å². The third kappa shape index (κ3) is 2.89. The molecule has 0 aliphatic rings. The van der Waals surface area contributed by atoms with Gasteiger partial charge in [0.25, 0.3) is 0 Å². The maximum absolute atomic E-state index is 11.7. The Morgan fingerprint density at radius 1 is 1.38 bits per heavy atom. The summed E-state index contributed by atoms with van der Waals surface area (Å²) in [5.41, 5.74) is 1.45. The lowest BCUT2D eigenvalue weighted by Gasteiger charge is -2.19. The Labute approximate surface area is 95.9 Å². The molecule has 2 N–H and O–H groups in total. The number of aromatic hydroxyl groups is 1. The summed E-state index contributed by atoms with van der Waals surface area (Å²) in [6.45, 7) is 7.03. The zero-order chi connectivity index (χ0) is 12.1. The number of phenolic OH excluding ortho intramolecular Hbond substituents is 1. The second kappa shape index (κ2) is 5.39. The highest BCUT2D eigenvalue weighted by molar-refractivity contribution is 5.89. The number of anilines is 1. The number of nitrogens with one attached hydrogen (secondary N) is 1. The molecule has 0 heterocycles. The molecule has 4 nitrogen and oxygen atoms in total. The molecule has 0 radical (unpaired) electrons. The molecule has 2 amide bonds. The molecule has 0 unspecified atom stereocenters. The first kappa shape index (κ1) is 12.4. The van der Waals surface area contributed by atoms with E-state index in [-0.39, 0.29) is 11.8 Å². The van der Waals surface area contributed by atoms with Gasteiger partial charge in [0.2, 0.25) is 0 Å². The van der Waals surface area contributed by atoms with Gasteiger partial charge in [-0.3, -0.25) is 0 Å². The van der Waals surface area contributed by atoms with E-state index in [1.807, 2.05) is 13.8 Å². The van der Waals surface area contributed by atoms with Crippen LogP contribution in [-0.4, -0.2) is 29.1 Å². The Morgan fingerprint density at radius 2 is 2.00 bits per heavy atom. The van der Waals surface area contributed by atoms with Crippen LogP contribution in [0.2, 0.25) is 0 Å². The maximum atomic E-state index is 11.7. The second-order valence-corrected chi connectivity index (χ2v) is 3.60. The fourth-order valence-corrected chi connectivity index (χ4v) is 1.45. The van der Waals surface area contributed by atoms with Crippen molar-refractivity contribution >= 4 is 11.7 Å². The Morgan fingerprint density at radius 3 is 2.50 bits per heavy atom. The van der Waals surface area contributed by atoms with Crippen LogP contribution in [0.25, 0.3) is 0 Å². The van der Waals surface area contributed by atoms with Gasteiger partial charge in [-0.2, -0.15) is 0 Å². The minimum atomic E-state index is -0.116. The minimum absolute atomic E-state index is 0.116. The highest BCUT2D eigenvalue weighted by atomic mass is 16.3. The first-order chi connectivity index (χ1) is 7.58. The van der Waals surface area contributed by atoms with E-state index < -0.39 is 0 Å². The van der Waals surface area contributed by atoms with Gasteiger partial charge in [0.05, 0.1) is 0 Å². The van der Waals surface area contributed by atoms with Crippen molar-refractivity contribution in [3.05, 3.63) is 23.8 Å². The zero-order valence-electron chi connectivity index (χ0n) is 9.95. The predicted molar refractivity (Wildman–Crippen MR) is 64.8 cm³/mol. The van der Waals surface area contributed by atoms with Crippen LogP contribution in [0, 0.1) is 6.92 Å². The van der Waals surface area contributed by atoms with E-state index in [4.69, 9.17) is 0 Å². The van der Waals surface area contributed by atoms with Gasteiger partial charge in [-0.05, 0) is 44.5 Å². The number of aryl methyl sites for hydroxylation is 1. The standard InChI is InChI=1S/C12H18N2O2/c1-4-14(5-2)12(16)13-10-6-7-11(15)9(3)8-10/h6-8,15H,4-5H2,1-3H3,(H,13,16). The average Bonchev–Trinajstić information content (AvgIpc) is 2.25. The monoisotopic (exact) mass is 222 g/mol. The molecule has 0 aliphatic carbocycles. The SMILES string of the molecule is CCN(CC)C(=O)Nc1ccc(O)c(C)c1. The van der Waals surface area contributed by atoms with E-state index in [0.717, 1.165) is 5.56 Å². The van der Waals surface area contributed by atoms with E-state index in [1.54, 1.807) is 30.0 Å². The van der Waals surface area contributed by atoms with E-state index in [9.17, 15) is 9.90 Å². The molecule has 0 fully saturated rings. The Hall–Kier alpha value is -1.71. The molecule has 0 saturated carbocycles. The summed E-state index contributed by atoms with van der Waals surface area (Å²) >= 11 is 0. The van der Waals surface area contributed by atoms with Gasteiger partial charge in [-0.1, -0.05) is 0 Å². The van der Waals surface area contributed by atoms with Crippen LogP contribution in [0.15, 0.2) is 18.2 Å². The van der Waals surface area contributed by atoms with Crippen molar-refractivity contribution in [2.75, 3.05) is 18.4 Å². The normalized spacial score (nSPS) is 9.94. The molecule has 1 rings (SSSR count). The lowest BCUT2D eigenvalue weighted by atomic mass is 10.2. The highest BCUT2D eigenvalue weighted by Crippen LogP contribution is 2.20. The molecule has 0 bridgehead atoms. The molecule has 0 saturated heterocycles. The van der Waals surface area contributed by atoms with E-state index in [1.165, 1.54) is 0 Å². The number of urea groups is 1. The smallest absolute Gasteiger partial charge is 0.321 e. The van der Waals surface area contributed by atoms with Crippen molar-refractivity contribution in [1.82, 2.24) is 4.90 Å². The third-order valence-corrected chi connectivity index (χ3v) is 2.50. The summed E-state index contributed by atoms with van der Waals surface area (Å²) in [6.07, 6.45) is 0. The van der Waals surface area contributed by atoms with Crippen LogP contribution >= 0.6 is 0 Å². The number of hydrogen-bond donors (Lipinski definition) is 2. The first-order valence-electron chi connectivity index (χ1n) is 5.44. The number of nitrogens with zero attached hydrogens (tertiary/aromatic N) is 1. The van der Waals surface area contributed by atoms with Gasteiger partial charge in [-0.15, -0.1) is 0 Å². The van der Waals surface area contributed by atoms with Gasteiger partial charge in [0.15, 0.2) is 0 Å². The highest BCUT2D eigenvalue weighted by Gasteiger charge is 2.09. The summed E-state index contributed by atoms with van der Waals surface area (Å²) in [4.78, 5) is 13.4. The van der Waals surface area contributed by atoms with E-state index in [0.29, 0.717) is 18.8 Å². The number of carbonyl (C=O) groups is 1. The third-order valence-electron chi connectivity index (χ3n) is 2.50. The van der Waals surface area contributed by atoms with Crippen molar-refractivity contribution in [1.29, 1.82) is 0 Å². The van der Waals surface area contributed by atoms with Crippen molar-refractivity contribution in [3.8, 4) is 5.75 Å². The summed E-state index contributed by atoms with van der Waals surface area (Å²) in [5, 5.41) is 12.1.